The van der Waals surface area contributed by atoms with Gasteiger partial charge in [-0.25, -0.2) is 0 Å². The quantitative estimate of drug-likeness (QED) is 0.882. The number of nitrogens with zero attached hydrogens (tertiary/aromatic N) is 2. The first-order chi connectivity index (χ1) is 9.88. The van der Waals surface area contributed by atoms with Crippen LogP contribution in [0.2, 0.25) is 0 Å². The van der Waals surface area contributed by atoms with Gasteiger partial charge in [0.1, 0.15) is 6.54 Å². The molecule has 0 fully saturated rings. The van der Waals surface area contributed by atoms with E-state index < -0.39 is 5.97 Å². The Bertz CT molecular complexity index is 676. The number of amides is 1. The van der Waals surface area contributed by atoms with Gasteiger partial charge in [-0.1, -0.05) is 13.8 Å². The van der Waals surface area contributed by atoms with Crippen molar-refractivity contribution in [1.29, 1.82) is 0 Å². The fourth-order valence-electron chi connectivity index (χ4n) is 2.37. The van der Waals surface area contributed by atoms with Crippen LogP contribution in [0.15, 0.2) is 18.3 Å². The van der Waals surface area contributed by atoms with Crippen LogP contribution in [-0.2, 0) is 4.79 Å². The molecule has 112 valence electrons. The number of carboxylic acids is 1. The van der Waals surface area contributed by atoms with E-state index in [1.807, 2.05) is 26.8 Å². The molecule has 0 aliphatic heterocycles. The van der Waals surface area contributed by atoms with E-state index >= 15 is 0 Å². The molecule has 2 aromatic rings. The molecule has 1 aromatic heterocycles. The standard InChI is InChI=1S/C15H19N3O3/c1-9(2)7-18(8-13(19)20)15(21)12-5-10(3)4-11-6-16-17-14(11)12/h4-6,9H,7-8H2,1-3H3,(H,16,17)(H,19,20). The van der Waals surface area contributed by atoms with Gasteiger partial charge in [0.2, 0.25) is 0 Å². The van der Waals surface area contributed by atoms with E-state index in [0.717, 1.165) is 10.9 Å². The van der Waals surface area contributed by atoms with Crippen LogP contribution >= 0.6 is 0 Å². The molecule has 6 heteroatoms. The number of aromatic nitrogens is 2. The van der Waals surface area contributed by atoms with Crippen molar-refractivity contribution in [3.05, 3.63) is 29.5 Å². The van der Waals surface area contributed by atoms with Gasteiger partial charge in [-0.2, -0.15) is 5.10 Å². The van der Waals surface area contributed by atoms with Crippen LogP contribution in [0.4, 0.5) is 0 Å². The molecule has 1 amide bonds. The number of hydrogen-bond donors (Lipinski definition) is 2. The zero-order valence-electron chi connectivity index (χ0n) is 12.4. The molecule has 6 nitrogen and oxygen atoms in total. The Balaban J connectivity index is 2.42. The van der Waals surface area contributed by atoms with Crippen molar-refractivity contribution in [3.63, 3.8) is 0 Å². The molecular weight excluding hydrogens is 270 g/mol. The zero-order valence-corrected chi connectivity index (χ0v) is 12.4. The Morgan fingerprint density at radius 1 is 1.38 bits per heavy atom. The van der Waals surface area contributed by atoms with E-state index in [1.165, 1.54) is 4.90 Å². The minimum atomic E-state index is -1.02. The van der Waals surface area contributed by atoms with Gasteiger partial charge in [-0.15, -0.1) is 0 Å². The van der Waals surface area contributed by atoms with Crippen molar-refractivity contribution in [3.8, 4) is 0 Å². The van der Waals surface area contributed by atoms with Crippen molar-refractivity contribution in [2.45, 2.75) is 20.8 Å². The van der Waals surface area contributed by atoms with Gasteiger partial charge in [0.05, 0.1) is 17.3 Å². The molecule has 0 saturated heterocycles. The summed E-state index contributed by atoms with van der Waals surface area (Å²) in [5.74, 6) is -1.11. The normalized spacial score (nSPS) is 11.0. The molecule has 0 aliphatic rings. The lowest BCUT2D eigenvalue weighted by molar-refractivity contribution is -0.137. The van der Waals surface area contributed by atoms with Crippen molar-refractivity contribution >= 4 is 22.8 Å². The number of H-pyrrole nitrogens is 1. The minimum absolute atomic E-state index is 0.190. The number of fused-ring (bicyclic) bond motifs is 1. The molecular formula is C15H19N3O3. The highest BCUT2D eigenvalue weighted by Crippen LogP contribution is 2.20. The monoisotopic (exact) mass is 289 g/mol. The molecule has 0 spiro atoms. The topological polar surface area (TPSA) is 86.3 Å². The van der Waals surface area contributed by atoms with Gasteiger partial charge in [0.15, 0.2) is 0 Å². The van der Waals surface area contributed by atoms with Gasteiger partial charge in [-0.3, -0.25) is 14.7 Å². The summed E-state index contributed by atoms with van der Waals surface area (Å²) in [7, 11) is 0. The second-order valence-corrected chi connectivity index (χ2v) is 5.62. The van der Waals surface area contributed by atoms with E-state index in [-0.39, 0.29) is 18.4 Å². The maximum atomic E-state index is 12.7. The predicted molar refractivity (Wildman–Crippen MR) is 79.2 cm³/mol. The summed E-state index contributed by atoms with van der Waals surface area (Å²) in [6.45, 7) is 5.89. The molecule has 0 saturated carbocycles. The van der Waals surface area contributed by atoms with Crippen LogP contribution in [-0.4, -0.2) is 45.2 Å². The minimum Gasteiger partial charge on any atom is -0.480 e. The van der Waals surface area contributed by atoms with Crippen molar-refractivity contribution < 1.29 is 14.7 Å². The highest BCUT2D eigenvalue weighted by atomic mass is 16.4. The highest BCUT2D eigenvalue weighted by molar-refractivity contribution is 6.06. The van der Waals surface area contributed by atoms with E-state index in [0.29, 0.717) is 17.6 Å². The summed E-state index contributed by atoms with van der Waals surface area (Å²) in [4.78, 5) is 25.1. The van der Waals surface area contributed by atoms with Crippen molar-refractivity contribution in [2.24, 2.45) is 5.92 Å². The van der Waals surface area contributed by atoms with Crippen LogP contribution in [0.25, 0.3) is 10.9 Å². The van der Waals surface area contributed by atoms with Gasteiger partial charge in [0, 0.05) is 11.9 Å². The Morgan fingerprint density at radius 2 is 2.10 bits per heavy atom. The number of benzene rings is 1. The lowest BCUT2D eigenvalue weighted by Gasteiger charge is -2.23. The number of carboxylic acid groups (broad SMARTS) is 1. The fourth-order valence-corrected chi connectivity index (χ4v) is 2.37. The maximum Gasteiger partial charge on any atom is 0.323 e. The first kappa shape index (κ1) is 15.0. The fraction of sp³-hybridized carbons (Fsp3) is 0.400. The number of hydrogen-bond acceptors (Lipinski definition) is 3. The van der Waals surface area contributed by atoms with Crippen LogP contribution < -0.4 is 0 Å². The van der Waals surface area contributed by atoms with E-state index in [9.17, 15) is 9.59 Å². The van der Waals surface area contributed by atoms with Gasteiger partial charge in [-0.05, 0) is 30.5 Å². The summed E-state index contributed by atoms with van der Waals surface area (Å²) < 4.78 is 0. The number of rotatable bonds is 5. The first-order valence-electron chi connectivity index (χ1n) is 6.83. The maximum absolute atomic E-state index is 12.7. The Labute approximate surface area is 122 Å². The van der Waals surface area contributed by atoms with Crippen molar-refractivity contribution in [2.75, 3.05) is 13.1 Å². The second kappa shape index (κ2) is 5.95. The molecule has 0 atom stereocenters. The number of aryl methyl sites for hydroxylation is 1. The predicted octanol–water partition coefficient (Wildman–Crippen LogP) is 2.05. The number of carbonyl (C=O) groups excluding carboxylic acids is 1. The number of aromatic amines is 1. The summed E-state index contributed by atoms with van der Waals surface area (Å²) in [6, 6.07) is 3.69. The van der Waals surface area contributed by atoms with Crippen LogP contribution in [0.5, 0.6) is 0 Å². The Morgan fingerprint density at radius 3 is 2.71 bits per heavy atom. The smallest absolute Gasteiger partial charge is 0.323 e. The lowest BCUT2D eigenvalue weighted by Crippen LogP contribution is -2.38. The molecule has 2 N–H and O–H groups in total. The van der Waals surface area contributed by atoms with Crippen LogP contribution in [0.3, 0.4) is 0 Å². The molecule has 21 heavy (non-hydrogen) atoms. The third kappa shape index (κ3) is 3.39. The average Bonchev–Trinajstić information content (AvgIpc) is 2.82. The Kier molecular flexibility index (Phi) is 4.26. The molecule has 0 aliphatic carbocycles. The molecule has 1 aromatic carbocycles. The molecule has 0 radical (unpaired) electrons. The summed E-state index contributed by atoms with van der Waals surface area (Å²) in [5, 5.41) is 16.6. The second-order valence-electron chi connectivity index (χ2n) is 5.62. The van der Waals surface area contributed by atoms with Gasteiger partial charge in [0.25, 0.3) is 5.91 Å². The highest BCUT2D eigenvalue weighted by Gasteiger charge is 2.22. The summed E-state index contributed by atoms with van der Waals surface area (Å²) in [5.41, 5.74) is 2.04. The molecule has 1 heterocycles. The number of aliphatic carboxylic acids is 1. The number of carbonyl (C=O) groups is 2. The summed E-state index contributed by atoms with van der Waals surface area (Å²) >= 11 is 0. The lowest BCUT2D eigenvalue weighted by atomic mass is 10.1. The van der Waals surface area contributed by atoms with Gasteiger partial charge < -0.3 is 10.0 Å². The first-order valence-corrected chi connectivity index (χ1v) is 6.83. The largest absolute Gasteiger partial charge is 0.480 e. The third-order valence-electron chi connectivity index (χ3n) is 3.12. The van der Waals surface area contributed by atoms with Crippen LogP contribution in [0, 0.1) is 12.8 Å². The van der Waals surface area contributed by atoms with E-state index in [1.54, 1.807) is 12.3 Å². The van der Waals surface area contributed by atoms with E-state index in [4.69, 9.17) is 5.11 Å². The summed E-state index contributed by atoms with van der Waals surface area (Å²) in [6.07, 6.45) is 1.66. The SMILES string of the molecule is Cc1cc(C(=O)N(CC(=O)O)CC(C)C)c2[nH]ncc2c1. The molecule has 2 rings (SSSR count). The van der Waals surface area contributed by atoms with Crippen LogP contribution in [0.1, 0.15) is 29.8 Å². The molecule has 0 bridgehead atoms. The van der Waals surface area contributed by atoms with Gasteiger partial charge >= 0.3 is 5.97 Å². The van der Waals surface area contributed by atoms with E-state index in [2.05, 4.69) is 10.2 Å². The third-order valence-corrected chi connectivity index (χ3v) is 3.12. The van der Waals surface area contributed by atoms with Crippen molar-refractivity contribution in [1.82, 2.24) is 15.1 Å². The molecule has 0 unspecified atom stereocenters. The number of nitrogens with one attached hydrogen (secondary N) is 1. The zero-order chi connectivity index (χ0) is 15.6. The average molecular weight is 289 g/mol. The Hall–Kier alpha value is -2.37.